The molecule has 0 fully saturated rings. The number of aromatic nitrogens is 1. The Kier molecular flexibility index (Phi) is 4.90. The summed E-state index contributed by atoms with van der Waals surface area (Å²) in [6.45, 7) is 0.791. The first-order valence-corrected chi connectivity index (χ1v) is 7.79. The van der Waals surface area contributed by atoms with Crippen LogP contribution in [0.5, 0.6) is 0 Å². The summed E-state index contributed by atoms with van der Waals surface area (Å²) >= 11 is 16.7. The van der Waals surface area contributed by atoms with Gasteiger partial charge in [0.2, 0.25) is 0 Å². The maximum Gasteiger partial charge on any atom is 0.187 e. The molecule has 0 saturated carbocycles. The number of rotatable bonds is 4. The van der Waals surface area contributed by atoms with Crippen molar-refractivity contribution in [3.8, 4) is 0 Å². The molecule has 1 aromatic carbocycles. The van der Waals surface area contributed by atoms with E-state index in [4.69, 9.17) is 23.2 Å². The zero-order valence-electron chi connectivity index (χ0n) is 9.66. The number of nitrogens with zero attached hydrogens (tertiary/aromatic N) is 2. The van der Waals surface area contributed by atoms with Gasteiger partial charge < -0.3 is 4.90 Å². The fraction of sp³-hybridized carbons (Fsp3) is 0.250. The molecule has 0 radical (unpaired) electrons. The monoisotopic (exact) mass is 364 g/mol. The summed E-state index contributed by atoms with van der Waals surface area (Å²) in [6.07, 6.45) is 0. The molecule has 2 nitrogen and oxygen atoms in total. The van der Waals surface area contributed by atoms with Gasteiger partial charge >= 0.3 is 0 Å². The van der Waals surface area contributed by atoms with Crippen LogP contribution >= 0.6 is 50.5 Å². The third kappa shape index (κ3) is 3.38. The summed E-state index contributed by atoms with van der Waals surface area (Å²) in [7, 11) is 2.00. The van der Waals surface area contributed by atoms with Crippen LogP contribution in [0.3, 0.4) is 0 Å². The molecule has 0 aliphatic rings. The summed E-state index contributed by atoms with van der Waals surface area (Å²) < 4.78 is 1.08. The van der Waals surface area contributed by atoms with Crippen molar-refractivity contribution in [1.82, 2.24) is 4.98 Å². The molecule has 0 atom stereocenters. The van der Waals surface area contributed by atoms with E-state index >= 15 is 0 Å². The fourth-order valence-corrected chi connectivity index (χ4v) is 3.20. The average molecular weight is 366 g/mol. The van der Waals surface area contributed by atoms with Gasteiger partial charge in [-0.2, -0.15) is 0 Å². The zero-order chi connectivity index (χ0) is 13.1. The lowest BCUT2D eigenvalue weighted by molar-refractivity contribution is 0.914. The van der Waals surface area contributed by atoms with Gasteiger partial charge in [-0.1, -0.05) is 51.0 Å². The van der Waals surface area contributed by atoms with Gasteiger partial charge in [0, 0.05) is 18.1 Å². The van der Waals surface area contributed by atoms with Crippen LogP contribution in [0, 0.1) is 0 Å². The predicted molar refractivity (Wildman–Crippen MR) is 82.9 cm³/mol. The Morgan fingerprint density at radius 3 is 2.56 bits per heavy atom. The highest BCUT2D eigenvalue weighted by Crippen LogP contribution is 2.30. The highest BCUT2D eigenvalue weighted by Gasteiger charge is 2.12. The molecule has 2 aromatic rings. The Labute approximate surface area is 129 Å². The van der Waals surface area contributed by atoms with E-state index in [0.29, 0.717) is 11.0 Å². The first kappa shape index (κ1) is 14.1. The highest BCUT2D eigenvalue weighted by atomic mass is 79.9. The second kappa shape index (κ2) is 6.24. The largest absolute Gasteiger partial charge is 0.347 e. The SMILES string of the molecule is CN(Cc1ccc(Br)cc1)c1nc(Cl)c(CCl)s1. The van der Waals surface area contributed by atoms with Crippen molar-refractivity contribution in [2.24, 2.45) is 0 Å². The van der Waals surface area contributed by atoms with E-state index in [0.717, 1.165) is 21.0 Å². The van der Waals surface area contributed by atoms with Crippen molar-refractivity contribution in [3.63, 3.8) is 0 Å². The number of halogens is 3. The van der Waals surface area contributed by atoms with Crippen LogP contribution in [0.25, 0.3) is 0 Å². The van der Waals surface area contributed by atoms with E-state index in [-0.39, 0.29) is 0 Å². The number of anilines is 1. The van der Waals surface area contributed by atoms with Gasteiger partial charge in [-0.25, -0.2) is 4.98 Å². The third-order valence-electron chi connectivity index (χ3n) is 2.42. The van der Waals surface area contributed by atoms with Gasteiger partial charge in [0.1, 0.15) is 5.15 Å². The quantitative estimate of drug-likeness (QED) is 0.713. The number of hydrogen-bond acceptors (Lipinski definition) is 3. The number of alkyl halides is 1. The van der Waals surface area contributed by atoms with Gasteiger partial charge in [0.25, 0.3) is 0 Å². The first-order chi connectivity index (χ1) is 8.60. The molecule has 2 rings (SSSR count). The minimum absolute atomic E-state index is 0.405. The Morgan fingerprint density at radius 2 is 2.00 bits per heavy atom. The van der Waals surface area contributed by atoms with Crippen LogP contribution in [0.4, 0.5) is 5.13 Å². The Morgan fingerprint density at radius 1 is 1.33 bits per heavy atom. The molecule has 6 heteroatoms. The Balaban J connectivity index is 2.11. The Hall–Kier alpha value is -0.290. The number of thiazole rings is 1. The maximum absolute atomic E-state index is 5.99. The van der Waals surface area contributed by atoms with Crippen LogP contribution in [-0.2, 0) is 12.4 Å². The minimum Gasteiger partial charge on any atom is -0.347 e. The topological polar surface area (TPSA) is 16.1 Å². The zero-order valence-corrected chi connectivity index (χ0v) is 13.6. The van der Waals surface area contributed by atoms with Gasteiger partial charge in [0.05, 0.1) is 10.8 Å². The standard InChI is InChI=1S/C12H11BrCl2N2S/c1-17(7-8-2-4-9(13)5-3-8)12-16-11(15)10(6-14)18-12/h2-5H,6-7H2,1H3. The first-order valence-electron chi connectivity index (χ1n) is 5.27. The van der Waals surface area contributed by atoms with E-state index in [1.165, 1.54) is 16.9 Å². The van der Waals surface area contributed by atoms with Crippen molar-refractivity contribution in [2.45, 2.75) is 12.4 Å². The van der Waals surface area contributed by atoms with Gasteiger partial charge in [-0.3, -0.25) is 0 Å². The molecule has 0 unspecified atom stereocenters. The van der Waals surface area contributed by atoms with E-state index in [1.54, 1.807) is 0 Å². The lowest BCUT2D eigenvalue weighted by Crippen LogP contribution is -2.15. The molecule has 1 heterocycles. The van der Waals surface area contributed by atoms with E-state index < -0.39 is 0 Å². The van der Waals surface area contributed by atoms with Crippen LogP contribution < -0.4 is 4.90 Å². The van der Waals surface area contributed by atoms with Crippen molar-refractivity contribution in [2.75, 3.05) is 11.9 Å². The molecule has 0 aliphatic carbocycles. The summed E-state index contributed by atoms with van der Waals surface area (Å²) in [5.74, 6) is 0.405. The highest BCUT2D eigenvalue weighted by molar-refractivity contribution is 9.10. The van der Waals surface area contributed by atoms with Gasteiger partial charge in [-0.15, -0.1) is 11.6 Å². The molecule has 0 spiro atoms. The van der Waals surface area contributed by atoms with E-state index in [2.05, 4.69) is 37.9 Å². The second-order valence-corrected chi connectivity index (χ2v) is 6.43. The van der Waals surface area contributed by atoms with Crippen molar-refractivity contribution < 1.29 is 0 Å². The molecule has 0 N–H and O–H groups in total. The molecule has 18 heavy (non-hydrogen) atoms. The van der Waals surface area contributed by atoms with Crippen LogP contribution in [0.1, 0.15) is 10.4 Å². The fourth-order valence-electron chi connectivity index (χ4n) is 1.50. The molecule has 0 amide bonds. The summed E-state index contributed by atoms with van der Waals surface area (Å²) in [4.78, 5) is 7.29. The van der Waals surface area contributed by atoms with Crippen LogP contribution in [0.15, 0.2) is 28.7 Å². The van der Waals surface area contributed by atoms with E-state index in [9.17, 15) is 0 Å². The van der Waals surface area contributed by atoms with Crippen molar-refractivity contribution in [3.05, 3.63) is 44.3 Å². The summed E-state index contributed by atoms with van der Waals surface area (Å²) in [6, 6.07) is 8.22. The number of hydrogen-bond donors (Lipinski definition) is 0. The van der Waals surface area contributed by atoms with Crippen molar-refractivity contribution >= 4 is 55.6 Å². The summed E-state index contributed by atoms with van der Waals surface area (Å²) in [5.41, 5.74) is 1.22. The smallest absolute Gasteiger partial charge is 0.187 e. The summed E-state index contributed by atoms with van der Waals surface area (Å²) in [5, 5.41) is 1.39. The predicted octanol–water partition coefficient (Wildman–Crippen LogP) is 4.93. The minimum atomic E-state index is 0.405. The Bertz CT molecular complexity index is 527. The molecular weight excluding hydrogens is 355 g/mol. The molecule has 1 aromatic heterocycles. The number of benzene rings is 1. The van der Waals surface area contributed by atoms with E-state index in [1.807, 2.05) is 19.2 Å². The van der Waals surface area contributed by atoms with Gasteiger partial charge in [0.15, 0.2) is 5.13 Å². The molecule has 0 aliphatic heterocycles. The molecule has 96 valence electrons. The lowest BCUT2D eigenvalue weighted by Gasteiger charge is -2.15. The molecular formula is C12H11BrCl2N2S. The maximum atomic E-state index is 5.99. The second-order valence-electron chi connectivity index (χ2n) is 3.83. The van der Waals surface area contributed by atoms with Gasteiger partial charge in [-0.05, 0) is 17.7 Å². The molecule has 0 bridgehead atoms. The molecule has 0 saturated heterocycles. The third-order valence-corrected chi connectivity index (χ3v) is 4.97. The lowest BCUT2D eigenvalue weighted by atomic mass is 10.2. The van der Waals surface area contributed by atoms with Crippen LogP contribution in [-0.4, -0.2) is 12.0 Å². The normalized spacial score (nSPS) is 10.7. The van der Waals surface area contributed by atoms with Crippen LogP contribution in [0.2, 0.25) is 5.15 Å². The van der Waals surface area contributed by atoms with Crippen molar-refractivity contribution in [1.29, 1.82) is 0 Å². The average Bonchev–Trinajstić information content (AvgIpc) is 2.73.